The van der Waals surface area contributed by atoms with Crippen molar-refractivity contribution >= 4 is 11.6 Å². The van der Waals surface area contributed by atoms with Gasteiger partial charge < -0.3 is 19.2 Å². The molecule has 0 bridgehead atoms. The van der Waals surface area contributed by atoms with Crippen molar-refractivity contribution < 1.29 is 19.1 Å². The van der Waals surface area contributed by atoms with Gasteiger partial charge in [-0.05, 0) is 29.8 Å². The Morgan fingerprint density at radius 3 is 2.54 bits per heavy atom. The van der Waals surface area contributed by atoms with E-state index >= 15 is 0 Å². The lowest BCUT2D eigenvalue weighted by atomic mass is 10.0. The second-order valence-electron chi connectivity index (χ2n) is 6.00. The number of nitrogens with zero attached hydrogens (tertiary/aromatic N) is 2. The summed E-state index contributed by atoms with van der Waals surface area (Å²) in [6, 6.07) is 17.1. The Balaban J connectivity index is 1.46. The molecule has 26 heavy (non-hydrogen) atoms. The summed E-state index contributed by atoms with van der Waals surface area (Å²) in [5.74, 6) is 1.37. The second-order valence-corrected chi connectivity index (χ2v) is 6.00. The van der Waals surface area contributed by atoms with Crippen molar-refractivity contribution in [3.05, 3.63) is 60.2 Å². The van der Waals surface area contributed by atoms with Gasteiger partial charge in [0.05, 0.1) is 13.7 Å². The number of carbonyl (C=O) groups is 1. The number of methoxy groups -OCH3 is 1. The Bertz CT molecular complexity index is 759. The average molecular weight is 354 g/mol. The van der Waals surface area contributed by atoms with Gasteiger partial charge in [-0.3, -0.25) is 4.79 Å². The molecule has 0 fully saturated rings. The molecule has 0 N–H and O–H groups in total. The lowest BCUT2D eigenvalue weighted by molar-refractivity contribution is -0.123. The molecule has 6 heteroatoms. The van der Waals surface area contributed by atoms with Gasteiger partial charge in [0.25, 0.3) is 5.91 Å². The number of benzene rings is 2. The largest absolute Gasteiger partial charge is 0.497 e. The highest BCUT2D eigenvalue weighted by Crippen LogP contribution is 2.27. The predicted molar refractivity (Wildman–Crippen MR) is 98.4 cm³/mol. The fraction of sp³-hybridized carbons (Fsp3) is 0.300. The quantitative estimate of drug-likeness (QED) is 0.767. The average Bonchev–Trinajstić information content (AvgIpc) is 3.18. The molecule has 0 radical (unpaired) electrons. The molecule has 1 amide bonds. The number of carbonyl (C=O) groups excluding carboxylic acids is 1. The first-order chi connectivity index (χ1) is 12.7. The van der Waals surface area contributed by atoms with Crippen molar-refractivity contribution in [3.8, 4) is 11.5 Å². The molecule has 1 heterocycles. The lowest BCUT2D eigenvalue weighted by Crippen LogP contribution is -2.35. The highest BCUT2D eigenvalue weighted by molar-refractivity contribution is 6.39. The van der Waals surface area contributed by atoms with Crippen LogP contribution < -0.4 is 9.47 Å². The van der Waals surface area contributed by atoms with Gasteiger partial charge >= 0.3 is 0 Å². The maximum Gasteiger partial charge on any atom is 0.271 e. The maximum atomic E-state index is 12.5. The molecule has 2 aromatic carbocycles. The van der Waals surface area contributed by atoms with E-state index < -0.39 is 0 Å². The van der Waals surface area contributed by atoms with Crippen molar-refractivity contribution in [1.82, 2.24) is 4.90 Å². The molecule has 1 aliphatic heterocycles. The molecule has 6 nitrogen and oxygen atoms in total. The third kappa shape index (κ3) is 4.33. The first kappa shape index (κ1) is 17.8. The van der Waals surface area contributed by atoms with E-state index in [1.165, 1.54) is 0 Å². The number of hydrogen-bond donors (Lipinski definition) is 0. The van der Waals surface area contributed by atoms with Crippen LogP contribution in [0.4, 0.5) is 0 Å². The van der Waals surface area contributed by atoms with Crippen LogP contribution in [0.25, 0.3) is 0 Å². The number of rotatable bonds is 7. The van der Waals surface area contributed by atoms with Crippen molar-refractivity contribution in [1.29, 1.82) is 0 Å². The normalized spacial score (nSPS) is 15.8. The third-order valence-corrected chi connectivity index (χ3v) is 4.19. The van der Waals surface area contributed by atoms with Crippen molar-refractivity contribution in [3.63, 3.8) is 0 Å². The molecule has 1 aliphatic rings. The fourth-order valence-corrected chi connectivity index (χ4v) is 2.64. The summed E-state index contributed by atoms with van der Waals surface area (Å²) in [7, 11) is 3.35. The van der Waals surface area contributed by atoms with Crippen molar-refractivity contribution in [2.75, 3.05) is 27.3 Å². The summed E-state index contributed by atoms with van der Waals surface area (Å²) in [6.07, 6.45) is 0.283. The van der Waals surface area contributed by atoms with Crippen LogP contribution in [0.1, 0.15) is 18.1 Å². The molecule has 3 rings (SSSR count). The number of oxime groups is 1. The predicted octanol–water partition coefficient (Wildman–Crippen LogP) is 3.05. The Hall–Kier alpha value is -3.02. The maximum absolute atomic E-state index is 12.5. The fourth-order valence-electron chi connectivity index (χ4n) is 2.64. The summed E-state index contributed by atoms with van der Waals surface area (Å²) >= 11 is 0. The van der Waals surface area contributed by atoms with Crippen LogP contribution in [-0.4, -0.2) is 43.8 Å². The first-order valence-electron chi connectivity index (χ1n) is 8.47. The van der Waals surface area contributed by atoms with E-state index in [1.807, 2.05) is 54.6 Å². The molecule has 136 valence electrons. The smallest absolute Gasteiger partial charge is 0.271 e. The summed E-state index contributed by atoms with van der Waals surface area (Å²) < 4.78 is 10.8. The highest BCUT2D eigenvalue weighted by Gasteiger charge is 2.28. The van der Waals surface area contributed by atoms with Crippen LogP contribution in [0, 0.1) is 0 Å². The molecule has 2 aromatic rings. The van der Waals surface area contributed by atoms with Crippen LogP contribution >= 0.6 is 0 Å². The molecular formula is C20H22N2O4. The van der Waals surface area contributed by atoms with Gasteiger partial charge in [-0.2, -0.15) is 0 Å². The lowest BCUT2D eigenvalue weighted by Gasteiger charge is -2.17. The molecule has 1 atom stereocenters. The molecule has 0 saturated heterocycles. The number of likely N-dealkylation sites (N-methyl/N-ethyl adjacent to an activating group) is 1. The summed E-state index contributed by atoms with van der Waals surface area (Å²) in [5.41, 5.74) is 1.45. The Morgan fingerprint density at radius 2 is 1.85 bits per heavy atom. The molecule has 0 spiro atoms. The van der Waals surface area contributed by atoms with E-state index in [9.17, 15) is 4.79 Å². The van der Waals surface area contributed by atoms with E-state index in [2.05, 4.69) is 5.16 Å². The molecular weight excluding hydrogens is 332 g/mol. The molecule has 0 aliphatic carbocycles. The standard InChI is InChI=1S/C20H22N2O4/c1-22(12-13-25-17-10-8-16(24-2)9-11-17)20(23)18-14-19(26-21-18)15-6-4-3-5-7-15/h3-11,19H,12-14H2,1-2H3. The van der Waals surface area contributed by atoms with Gasteiger partial charge in [0.1, 0.15) is 23.8 Å². The Kier molecular flexibility index (Phi) is 5.73. The summed E-state index contributed by atoms with van der Waals surface area (Å²) in [4.78, 5) is 19.5. The van der Waals surface area contributed by atoms with Crippen molar-refractivity contribution in [2.24, 2.45) is 5.16 Å². The monoisotopic (exact) mass is 354 g/mol. The second kappa shape index (κ2) is 8.38. The Morgan fingerprint density at radius 1 is 1.15 bits per heavy atom. The van der Waals surface area contributed by atoms with E-state index in [0.29, 0.717) is 25.3 Å². The van der Waals surface area contributed by atoms with Gasteiger partial charge in [-0.25, -0.2) is 0 Å². The number of ether oxygens (including phenoxy) is 2. The van der Waals surface area contributed by atoms with Crippen LogP contribution in [-0.2, 0) is 9.63 Å². The SMILES string of the molecule is COc1ccc(OCCN(C)C(=O)C2=NOC(c3ccccc3)C2)cc1. The zero-order valence-electron chi connectivity index (χ0n) is 14.9. The minimum absolute atomic E-state index is 0.137. The van der Waals surface area contributed by atoms with Crippen LogP contribution in [0.5, 0.6) is 11.5 Å². The van der Waals surface area contributed by atoms with Gasteiger partial charge in [0.2, 0.25) is 0 Å². The van der Waals surface area contributed by atoms with Crippen LogP contribution in [0.2, 0.25) is 0 Å². The third-order valence-electron chi connectivity index (χ3n) is 4.19. The number of hydrogen-bond acceptors (Lipinski definition) is 5. The minimum Gasteiger partial charge on any atom is -0.497 e. The van der Waals surface area contributed by atoms with Crippen molar-refractivity contribution in [2.45, 2.75) is 12.5 Å². The number of amides is 1. The molecule has 1 unspecified atom stereocenters. The zero-order valence-corrected chi connectivity index (χ0v) is 14.9. The zero-order chi connectivity index (χ0) is 18.4. The van der Waals surface area contributed by atoms with Gasteiger partial charge in [-0.15, -0.1) is 0 Å². The van der Waals surface area contributed by atoms with Gasteiger partial charge in [-0.1, -0.05) is 35.5 Å². The topological polar surface area (TPSA) is 60.4 Å². The highest BCUT2D eigenvalue weighted by atomic mass is 16.6. The summed E-state index contributed by atoms with van der Waals surface area (Å²) in [6.45, 7) is 0.852. The molecule has 0 aromatic heterocycles. The van der Waals surface area contributed by atoms with E-state index in [-0.39, 0.29) is 12.0 Å². The van der Waals surface area contributed by atoms with E-state index in [1.54, 1.807) is 19.1 Å². The molecule has 0 saturated carbocycles. The van der Waals surface area contributed by atoms with Gasteiger partial charge in [0, 0.05) is 13.5 Å². The van der Waals surface area contributed by atoms with Gasteiger partial charge in [0.15, 0.2) is 6.10 Å². The summed E-state index contributed by atoms with van der Waals surface area (Å²) in [5, 5.41) is 3.97. The van der Waals surface area contributed by atoms with Crippen LogP contribution in [0.3, 0.4) is 0 Å². The minimum atomic E-state index is -0.195. The van der Waals surface area contributed by atoms with E-state index in [0.717, 1.165) is 17.1 Å². The van der Waals surface area contributed by atoms with E-state index in [4.69, 9.17) is 14.3 Å². The first-order valence-corrected chi connectivity index (χ1v) is 8.47. The van der Waals surface area contributed by atoms with Crippen LogP contribution in [0.15, 0.2) is 59.8 Å². The Labute approximate surface area is 153 Å².